The summed E-state index contributed by atoms with van der Waals surface area (Å²) in [6.45, 7) is 1.34. The second-order valence-corrected chi connectivity index (χ2v) is 8.02. The van der Waals surface area contributed by atoms with E-state index in [2.05, 4.69) is 40.7 Å². The van der Waals surface area contributed by atoms with Crippen LogP contribution >= 0.6 is 11.8 Å². The molecular formula is C22H23N3O2S. The number of amides is 1. The van der Waals surface area contributed by atoms with Crippen molar-refractivity contribution in [3.05, 3.63) is 60.8 Å². The highest BCUT2D eigenvalue weighted by Gasteiger charge is 2.21. The zero-order valence-electron chi connectivity index (χ0n) is 15.8. The molecule has 0 unspecified atom stereocenters. The van der Waals surface area contributed by atoms with Crippen LogP contribution in [0.5, 0.6) is 0 Å². The molecule has 3 aromatic rings. The zero-order chi connectivity index (χ0) is 19.3. The number of aryl methyl sites for hydroxylation is 1. The van der Waals surface area contributed by atoms with Crippen LogP contribution in [0.1, 0.15) is 12.8 Å². The number of carbonyl (C=O) groups is 1. The summed E-state index contributed by atoms with van der Waals surface area (Å²) in [5.74, 6) is 0.135. The lowest BCUT2D eigenvalue weighted by molar-refractivity contribution is -0.122. The van der Waals surface area contributed by atoms with E-state index in [1.807, 2.05) is 36.0 Å². The topological polar surface area (TPSA) is 56.2 Å². The second-order valence-electron chi connectivity index (χ2n) is 6.87. The van der Waals surface area contributed by atoms with Gasteiger partial charge in [0.15, 0.2) is 0 Å². The molecule has 0 spiro atoms. The highest BCUT2D eigenvalue weighted by atomic mass is 32.2. The number of nitrogens with one attached hydrogen (secondary N) is 1. The standard InChI is InChI=1S/C22H23N3O2S/c1-25-21(9-12-23-25)16-5-7-19(8-6-16)28-20-4-2-3-18(15-20)24-22(26)17-10-13-27-14-11-17/h2-9,12,15,17H,10-11,13-14H2,1H3,(H,24,26). The lowest BCUT2D eigenvalue weighted by Gasteiger charge is -2.21. The number of ether oxygens (including phenoxy) is 1. The normalized spacial score (nSPS) is 14.8. The van der Waals surface area contributed by atoms with Crippen molar-refractivity contribution in [2.24, 2.45) is 13.0 Å². The molecule has 144 valence electrons. The van der Waals surface area contributed by atoms with Crippen LogP contribution in [0, 0.1) is 5.92 Å². The number of carbonyl (C=O) groups excluding carboxylic acids is 1. The fraction of sp³-hybridized carbons (Fsp3) is 0.273. The molecule has 0 bridgehead atoms. The van der Waals surface area contributed by atoms with Crippen LogP contribution in [-0.4, -0.2) is 28.9 Å². The van der Waals surface area contributed by atoms with Crippen molar-refractivity contribution < 1.29 is 9.53 Å². The number of hydrogen-bond donors (Lipinski definition) is 1. The molecule has 0 aliphatic carbocycles. The summed E-state index contributed by atoms with van der Waals surface area (Å²) < 4.78 is 7.20. The molecule has 1 saturated heterocycles. The van der Waals surface area contributed by atoms with Gasteiger partial charge in [0.1, 0.15) is 0 Å². The first-order chi connectivity index (χ1) is 13.7. The molecule has 1 aliphatic rings. The average molecular weight is 394 g/mol. The second kappa shape index (κ2) is 8.63. The zero-order valence-corrected chi connectivity index (χ0v) is 16.6. The quantitative estimate of drug-likeness (QED) is 0.688. The maximum atomic E-state index is 12.4. The Morgan fingerprint density at radius 2 is 1.89 bits per heavy atom. The van der Waals surface area contributed by atoms with E-state index in [4.69, 9.17) is 4.74 Å². The fourth-order valence-corrected chi connectivity index (χ4v) is 4.21. The summed E-state index contributed by atoms with van der Waals surface area (Å²) in [4.78, 5) is 14.7. The Morgan fingerprint density at radius 1 is 1.11 bits per heavy atom. The summed E-state index contributed by atoms with van der Waals surface area (Å²) in [6, 6.07) is 18.4. The molecule has 1 fully saturated rings. The maximum Gasteiger partial charge on any atom is 0.227 e. The van der Waals surface area contributed by atoms with Crippen LogP contribution in [0.2, 0.25) is 0 Å². The number of hydrogen-bond acceptors (Lipinski definition) is 4. The van der Waals surface area contributed by atoms with Crippen LogP contribution in [0.15, 0.2) is 70.6 Å². The predicted molar refractivity (Wildman–Crippen MR) is 111 cm³/mol. The van der Waals surface area contributed by atoms with Crippen molar-refractivity contribution in [3.63, 3.8) is 0 Å². The summed E-state index contributed by atoms with van der Waals surface area (Å²) in [5, 5.41) is 7.27. The van der Waals surface area contributed by atoms with Crippen molar-refractivity contribution in [2.75, 3.05) is 18.5 Å². The van der Waals surface area contributed by atoms with Crippen molar-refractivity contribution in [1.29, 1.82) is 0 Å². The Kier molecular flexibility index (Phi) is 5.78. The van der Waals surface area contributed by atoms with Crippen LogP contribution in [0.25, 0.3) is 11.3 Å². The van der Waals surface area contributed by atoms with Gasteiger partial charge in [-0.25, -0.2) is 0 Å². The van der Waals surface area contributed by atoms with E-state index < -0.39 is 0 Å². The van der Waals surface area contributed by atoms with Crippen molar-refractivity contribution in [1.82, 2.24) is 9.78 Å². The summed E-state index contributed by atoms with van der Waals surface area (Å²) in [7, 11) is 1.94. The van der Waals surface area contributed by atoms with Gasteiger partial charge in [-0.05, 0) is 54.8 Å². The van der Waals surface area contributed by atoms with Crippen LogP contribution < -0.4 is 5.32 Å². The molecule has 1 aromatic heterocycles. The maximum absolute atomic E-state index is 12.4. The van der Waals surface area contributed by atoms with Gasteiger partial charge in [0.05, 0.1) is 5.69 Å². The van der Waals surface area contributed by atoms with E-state index in [0.717, 1.165) is 39.6 Å². The van der Waals surface area contributed by atoms with Gasteiger partial charge in [0.25, 0.3) is 0 Å². The number of aromatic nitrogens is 2. The summed E-state index contributed by atoms with van der Waals surface area (Å²) >= 11 is 1.68. The Labute approximate surface area is 169 Å². The molecule has 28 heavy (non-hydrogen) atoms. The smallest absolute Gasteiger partial charge is 0.227 e. The Balaban J connectivity index is 1.42. The third-order valence-electron chi connectivity index (χ3n) is 4.90. The highest BCUT2D eigenvalue weighted by molar-refractivity contribution is 7.99. The molecule has 0 atom stereocenters. The van der Waals surface area contributed by atoms with Crippen LogP contribution in [0.3, 0.4) is 0 Å². The summed E-state index contributed by atoms with van der Waals surface area (Å²) in [5.41, 5.74) is 3.07. The average Bonchev–Trinajstić information content (AvgIpc) is 3.15. The molecule has 6 heteroatoms. The van der Waals surface area contributed by atoms with E-state index >= 15 is 0 Å². The number of rotatable bonds is 5. The Hall–Kier alpha value is -2.57. The minimum atomic E-state index is 0.0459. The van der Waals surface area contributed by atoms with Crippen LogP contribution in [-0.2, 0) is 16.6 Å². The van der Waals surface area contributed by atoms with Gasteiger partial charge in [-0.15, -0.1) is 0 Å². The van der Waals surface area contributed by atoms with E-state index in [1.165, 1.54) is 0 Å². The van der Waals surface area contributed by atoms with E-state index in [0.29, 0.717) is 13.2 Å². The number of anilines is 1. The molecule has 1 aliphatic heterocycles. The summed E-state index contributed by atoms with van der Waals surface area (Å²) in [6.07, 6.45) is 3.39. The van der Waals surface area contributed by atoms with Gasteiger partial charge in [-0.3, -0.25) is 9.48 Å². The minimum absolute atomic E-state index is 0.0459. The predicted octanol–water partition coefficient (Wildman–Crippen LogP) is 4.60. The Morgan fingerprint density at radius 3 is 2.61 bits per heavy atom. The van der Waals surface area contributed by atoms with E-state index in [9.17, 15) is 4.79 Å². The van der Waals surface area contributed by atoms with Gasteiger partial charge in [-0.2, -0.15) is 5.10 Å². The van der Waals surface area contributed by atoms with Crippen molar-refractivity contribution in [3.8, 4) is 11.3 Å². The molecule has 2 aromatic carbocycles. The van der Waals surface area contributed by atoms with Gasteiger partial charge >= 0.3 is 0 Å². The van der Waals surface area contributed by atoms with Gasteiger partial charge in [-0.1, -0.05) is 30.0 Å². The van der Waals surface area contributed by atoms with Crippen molar-refractivity contribution in [2.45, 2.75) is 22.6 Å². The highest BCUT2D eigenvalue weighted by Crippen LogP contribution is 2.31. The Bertz CT molecular complexity index is 946. The molecule has 5 nitrogen and oxygen atoms in total. The fourth-order valence-electron chi connectivity index (χ4n) is 3.33. The number of benzene rings is 2. The van der Waals surface area contributed by atoms with Crippen LogP contribution in [0.4, 0.5) is 5.69 Å². The molecule has 4 rings (SSSR count). The molecule has 0 saturated carbocycles. The molecule has 1 amide bonds. The van der Waals surface area contributed by atoms with Gasteiger partial charge in [0, 0.05) is 47.9 Å². The van der Waals surface area contributed by atoms with Gasteiger partial charge in [0.2, 0.25) is 5.91 Å². The third-order valence-corrected chi connectivity index (χ3v) is 5.90. The SMILES string of the molecule is Cn1nccc1-c1ccc(Sc2cccc(NC(=O)C3CCOCC3)c2)cc1. The first-order valence-corrected chi connectivity index (χ1v) is 10.3. The van der Waals surface area contributed by atoms with Crippen molar-refractivity contribution >= 4 is 23.4 Å². The van der Waals surface area contributed by atoms with Gasteiger partial charge < -0.3 is 10.1 Å². The molecule has 2 heterocycles. The molecule has 0 radical (unpaired) electrons. The largest absolute Gasteiger partial charge is 0.381 e. The monoisotopic (exact) mass is 393 g/mol. The van der Waals surface area contributed by atoms with E-state index in [1.54, 1.807) is 18.0 Å². The number of nitrogens with zero attached hydrogens (tertiary/aromatic N) is 2. The minimum Gasteiger partial charge on any atom is -0.381 e. The third kappa shape index (κ3) is 4.46. The first-order valence-electron chi connectivity index (χ1n) is 9.44. The molecule has 1 N–H and O–H groups in total. The lowest BCUT2D eigenvalue weighted by atomic mass is 9.99. The molecular weight excluding hydrogens is 370 g/mol. The first kappa shape index (κ1) is 18.8. The lowest BCUT2D eigenvalue weighted by Crippen LogP contribution is -2.28. The van der Waals surface area contributed by atoms with E-state index in [-0.39, 0.29) is 11.8 Å².